The van der Waals surface area contributed by atoms with Crippen LogP contribution in [0.5, 0.6) is 0 Å². The predicted octanol–water partition coefficient (Wildman–Crippen LogP) is 5.61. The van der Waals surface area contributed by atoms with Crippen LogP contribution in [0.25, 0.3) is 0 Å². The molecule has 0 aromatic rings. The van der Waals surface area contributed by atoms with E-state index in [-0.39, 0.29) is 5.41 Å². The molecule has 1 atom stereocenters. The van der Waals surface area contributed by atoms with Crippen LogP contribution < -0.4 is 0 Å². The molecular formula is C23H34F3N3O2. The Morgan fingerprint density at radius 3 is 2.13 bits per heavy atom. The lowest BCUT2D eigenvalue weighted by molar-refractivity contribution is -0.250. The number of carbonyl (C=O) groups is 1. The fourth-order valence-corrected chi connectivity index (χ4v) is 9.29. The van der Waals surface area contributed by atoms with Gasteiger partial charge in [-0.3, -0.25) is 0 Å². The summed E-state index contributed by atoms with van der Waals surface area (Å²) in [6.45, 7) is 8.04. The van der Waals surface area contributed by atoms with Crippen LogP contribution in [0.1, 0.15) is 91.4 Å². The summed E-state index contributed by atoms with van der Waals surface area (Å²) in [6.07, 6.45) is 6.16. The van der Waals surface area contributed by atoms with Crippen molar-refractivity contribution in [2.24, 2.45) is 26.8 Å². The molecule has 4 bridgehead atoms. The van der Waals surface area contributed by atoms with E-state index >= 15 is 0 Å². The largest absolute Gasteiger partial charge is 0.493 e. The van der Waals surface area contributed by atoms with Crippen molar-refractivity contribution >= 4 is 11.8 Å². The van der Waals surface area contributed by atoms with E-state index < -0.39 is 18.3 Å². The first-order valence-corrected chi connectivity index (χ1v) is 11.7. The summed E-state index contributed by atoms with van der Waals surface area (Å²) in [5.41, 5.74) is 1.13. The molecule has 4 aliphatic carbocycles. The van der Waals surface area contributed by atoms with Crippen molar-refractivity contribution in [2.45, 2.75) is 104 Å². The molecule has 0 aromatic carbocycles. The molecule has 1 saturated heterocycles. The topological polar surface area (TPSA) is 45.1 Å². The Kier molecular flexibility index (Phi) is 4.51. The second kappa shape index (κ2) is 6.53. The van der Waals surface area contributed by atoms with Crippen LogP contribution in [0, 0.1) is 21.7 Å². The first kappa shape index (κ1) is 21.4. The maximum Gasteiger partial charge on any atom is 0.493 e. The number of hydroxylamine groups is 1. The Morgan fingerprint density at radius 1 is 1.00 bits per heavy atom. The zero-order valence-electron chi connectivity index (χ0n) is 18.9. The van der Waals surface area contributed by atoms with Crippen LogP contribution in [0.4, 0.5) is 13.2 Å². The highest BCUT2D eigenvalue weighted by Crippen LogP contribution is 2.74. The van der Waals surface area contributed by atoms with Crippen molar-refractivity contribution < 1.29 is 22.8 Å². The molecule has 2 heterocycles. The van der Waals surface area contributed by atoms with Gasteiger partial charge in [-0.2, -0.15) is 13.2 Å². The zero-order chi connectivity index (χ0) is 22.3. The highest BCUT2D eigenvalue weighted by molar-refractivity contribution is 5.84. The smallest absolute Gasteiger partial charge is 0.334 e. The summed E-state index contributed by atoms with van der Waals surface area (Å²) in [4.78, 5) is 18.4. The van der Waals surface area contributed by atoms with Crippen LogP contribution in [0.3, 0.4) is 0 Å². The van der Waals surface area contributed by atoms with Crippen LogP contribution in [-0.4, -0.2) is 40.8 Å². The van der Waals surface area contributed by atoms with Crippen molar-refractivity contribution in [1.29, 1.82) is 0 Å². The number of hydrazone groups is 1. The molecule has 0 radical (unpaired) electrons. The normalized spacial score (nSPS) is 44.2. The SMILES string of the molecule is CC12CC3(C)CC(C)(C1)CC(CC1=NN(OC(=O)C(F)(F)F)C4CCCCCN14)(C2)C3. The molecule has 5 fully saturated rings. The minimum atomic E-state index is -5.02. The minimum Gasteiger partial charge on any atom is -0.334 e. The molecule has 1 unspecified atom stereocenters. The monoisotopic (exact) mass is 441 g/mol. The van der Waals surface area contributed by atoms with Gasteiger partial charge < -0.3 is 9.74 Å². The van der Waals surface area contributed by atoms with Gasteiger partial charge in [0, 0.05) is 13.0 Å². The third-order valence-corrected chi connectivity index (χ3v) is 8.43. The van der Waals surface area contributed by atoms with E-state index in [0.29, 0.717) is 22.7 Å². The van der Waals surface area contributed by atoms with Crippen molar-refractivity contribution in [3.63, 3.8) is 0 Å². The molecule has 5 nitrogen and oxygen atoms in total. The maximum atomic E-state index is 12.9. The summed E-state index contributed by atoms with van der Waals surface area (Å²) in [7, 11) is 0. The molecule has 0 spiro atoms. The van der Waals surface area contributed by atoms with Crippen LogP contribution in [0.2, 0.25) is 0 Å². The summed E-state index contributed by atoms with van der Waals surface area (Å²) in [5.74, 6) is -1.37. The number of hydrogen-bond donors (Lipinski definition) is 0. The van der Waals surface area contributed by atoms with Gasteiger partial charge in [-0.05, 0) is 79.4 Å². The van der Waals surface area contributed by atoms with Gasteiger partial charge in [-0.25, -0.2) is 4.79 Å². The Morgan fingerprint density at radius 2 is 1.58 bits per heavy atom. The van der Waals surface area contributed by atoms with E-state index in [2.05, 4.69) is 30.8 Å². The number of amidine groups is 1. The highest BCUT2D eigenvalue weighted by atomic mass is 19.4. The molecule has 2 aliphatic heterocycles. The Labute approximate surface area is 182 Å². The lowest BCUT2D eigenvalue weighted by Gasteiger charge is -2.69. The Hall–Kier alpha value is -1.47. The van der Waals surface area contributed by atoms with E-state index in [1.807, 2.05) is 0 Å². The number of alkyl halides is 3. The number of carbonyl (C=O) groups excluding carboxylic acids is 1. The Bertz CT molecular complexity index is 757. The third-order valence-electron chi connectivity index (χ3n) is 8.43. The van der Waals surface area contributed by atoms with Crippen molar-refractivity contribution in [3.8, 4) is 0 Å². The first-order chi connectivity index (χ1) is 14.3. The fourth-order valence-electron chi connectivity index (χ4n) is 9.29. The Balaban J connectivity index is 1.43. The van der Waals surface area contributed by atoms with Crippen LogP contribution in [-0.2, 0) is 9.63 Å². The molecule has 31 heavy (non-hydrogen) atoms. The quantitative estimate of drug-likeness (QED) is 0.571. The number of hydrogen-bond acceptors (Lipinski definition) is 5. The summed E-state index contributed by atoms with van der Waals surface area (Å²) >= 11 is 0. The fraction of sp³-hybridized carbons (Fsp3) is 0.913. The number of fused-ring (bicyclic) bond motifs is 1. The summed E-state index contributed by atoms with van der Waals surface area (Å²) < 4.78 is 38.6. The van der Waals surface area contributed by atoms with Gasteiger partial charge in [0.05, 0.1) is 0 Å². The lowest BCUT2D eigenvalue weighted by Crippen LogP contribution is -2.59. The lowest BCUT2D eigenvalue weighted by atomic mass is 9.36. The van der Waals surface area contributed by atoms with Crippen LogP contribution in [0.15, 0.2) is 5.10 Å². The van der Waals surface area contributed by atoms with Gasteiger partial charge in [0.1, 0.15) is 5.84 Å². The molecule has 0 amide bonds. The number of rotatable bonds is 3. The maximum absolute atomic E-state index is 12.9. The second-order valence-corrected chi connectivity index (χ2v) is 12.4. The highest BCUT2D eigenvalue weighted by Gasteiger charge is 2.64. The predicted molar refractivity (Wildman–Crippen MR) is 109 cm³/mol. The first-order valence-electron chi connectivity index (χ1n) is 11.7. The average Bonchev–Trinajstić information content (AvgIpc) is 2.74. The summed E-state index contributed by atoms with van der Waals surface area (Å²) in [5, 5.41) is 5.47. The van der Waals surface area contributed by atoms with E-state index in [1.165, 1.54) is 19.3 Å². The molecule has 0 aromatic heterocycles. The molecule has 8 heteroatoms. The van der Waals surface area contributed by atoms with Crippen molar-refractivity contribution in [3.05, 3.63) is 0 Å². The van der Waals surface area contributed by atoms with E-state index in [9.17, 15) is 18.0 Å². The minimum absolute atomic E-state index is 0.132. The van der Waals surface area contributed by atoms with Gasteiger partial charge in [0.2, 0.25) is 0 Å². The molecule has 4 saturated carbocycles. The molecule has 174 valence electrons. The average molecular weight is 442 g/mol. The van der Waals surface area contributed by atoms with Gasteiger partial charge in [0.25, 0.3) is 0 Å². The summed E-state index contributed by atoms with van der Waals surface area (Å²) in [6, 6.07) is 0. The molecular weight excluding hydrogens is 407 g/mol. The zero-order valence-corrected chi connectivity index (χ0v) is 18.9. The van der Waals surface area contributed by atoms with Crippen LogP contribution >= 0.6 is 0 Å². The van der Waals surface area contributed by atoms with Crippen molar-refractivity contribution in [2.75, 3.05) is 6.54 Å². The molecule has 0 N–H and O–H groups in total. The van der Waals surface area contributed by atoms with E-state index in [4.69, 9.17) is 4.84 Å². The number of nitrogens with zero attached hydrogens (tertiary/aromatic N) is 3. The molecule has 6 rings (SSSR count). The standard InChI is InChI=1S/C23H34F3N3O2/c1-19-10-20(2)12-21(3,11-19)15-22(13-19,14-20)9-16-27-29(31-18(30)23(24,25)26)17-7-5-4-6-8-28(16)17/h17H,4-15H2,1-3H3. The third kappa shape index (κ3) is 3.71. The van der Waals surface area contributed by atoms with E-state index in [1.54, 1.807) is 0 Å². The van der Waals surface area contributed by atoms with Gasteiger partial charge >= 0.3 is 12.1 Å². The van der Waals surface area contributed by atoms with Gasteiger partial charge in [-0.1, -0.05) is 32.4 Å². The van der Waals surface area contributed by atoms with Gasteiger partial charge in [0.15, 0.2) is 6.17 Å². The molecule has 6 aliphatic rings. The van der Waals surface area contributed by atoms with Crippen molar-refractivity contribution in [1.82, 2.24) is 10.1 Å². The van der Waals surface area contributed by atoms with Gasteiger partial charge in [-0.15, -0.1) is 5.10 Å². The second-order valence-electron chi connectivity index (χ2n) is 12.4. The van der Waals surface area contributed by atoms with E-state index in [0.717, 1.165) is 62.5 Å². The number of halogens is 3.